The number of anilines is 1. The maximum atomic E-state index is 13.4. The van der Waals surface area contributed by atoms with Gasteiger partial charge in [0.15, 0.2) is 0 Å². The molecule has 2 atom stereocenters. The van der Waals surface area contributed by atoms with E-state index in [0.717, 1.165) is 30.8 Å². The molecule has 2 fully saturated rings. The van der Waals surface area contributed by atoms with Crippen molar-refractivity contribution in [3.05, 3.63) is 65.5 Å². The van der Waals surface area contributed by atoms with Gasteiger partial charge in [0.25, 0.3) is 0 Å². The third kappa shape index (κ3) is 5.16. The topological polar surface area (TPSA) is 61.9 Å². The highest BCUT2D eigenvalue weighted by molar-refractivity contribution is 6.00. The molecule has 170 valence electrons. The molecule has 2 aromatic rings. The van der Waals surface area contributed by atoms with Gasteiger partial charge in [0.1, 0.15) is 5.82 Å². The number of aryl methyl sites for hydroxylation is 1. The van der Waals surface area contributed by atoms with Gasteiger partial charge in [-0.3, -0.25) is 14.5 Å². The number of halogens is 1. The number of carbonyl (C=O) groups excluding carboxylic acids is 2. The molecule has 0 bridgehead atoms. The van der Waals surface area contributed by atoms with Gasteiger partial charge in [0, 0.05) is 38.3 Å². The number of benzene rings is 2. The molecule has 0 spiro atoms. The molecule has 0 radical (unpaired) electrons. The summed E-state index contributed by atoms with van der Waals surface area (Å²) in [5.41, 5.74) is 3.00. The van der Waals surface area contributed by atoms with Gasteiger partial charge in [-0.1, -0.05) is 31.2 Å². The monoisotopic (exact) mass is 439 g/mol. The van der Waals surface area contributed by atoms with Crippen LogP contribution in [-0.4, -0.2) is 56.1 Å². The molecule has 2 amide bonds. The Hall–Kier alpha value is -2.77. The second-order valence-corrected chi connectivity index (χ2v) is 8.39. The molecule has 0 aliphatic carbocycles. The normalized spacial score (nSPS) is 20.4. The van der Waals surface area contributed by atoms with Crippen molar-refractivity contribution in [2.75, 3.05) is 44.3 Å². The standard InChI is InChI=1S/C25H30FN3O3/c1-2-18-3-9-22(10-4-18)29-17-20(15-24(29)30)25(31)27-16-23(28-11-13-32-14-12-28)19-5-7-21(26)8-6-19/h3-10,20,23H,2,11-17H2,1H3,(H,27,31)/t20-,23-/m1/s1. The van der Waals surface area contributed by atoms with E-state index in [0.29, 0.717) is 26.3 Å². The zero-order chi connectivity index (χ0) is 22.5. The zero-order valence-corrected chi connectivity index (χ0v) is 18.4. The Balaban J connectivity index is 1.40. The van der Waals surface area contributed by atoms with Gasteiger partial charge < -0.3 is 15.0 Å². The van der Waals surface area contributed by atoms with E-state index >= 15 is 0 Å². The molecule has 1 N–H and O–H groups in total. The van der Waals surface area contributed by atoms with Crippen molar-refractivity contribution in [1.82, 2.24) is 10.2 Å². The van der Waals surface area contributed by atoms with Gasteiger partial charge in [0.2, 0.25) is 11.8 Å². The molecule has 2 aromatic carbocycles. The van der Waals surface area contributed by atoms with Crippen LogP contribution in [0.15, 0.2) is 48.5 Å². The average molecular weight is 440 g/mol. The first-order valence-corrected chi connectivity index (χ1v) is 11.3. The molecular weight excluding hydrogens is 409 g/mol. The fourth-order valence-electron chi connectivity index (χ4n) is 4.42. The quantitative estimate of drug-likeness (QED) is 0.721. The number of ether oxygens (including phenoxy) is 1. The van der Waals surface area contributed by atoms with Gasteiger partial charge >= 0.3 is 0 Å². The highest BCUT2D eigenvalue weighted by Crippen LogP contribution is 2.26. The molecule has 4 rings (SSSR count). The van der Waals surface area contributed by atoms with Crippen LogP contribution in [0, 0.1) is 11.7 Å². The van der Waals surface area contributed by atoms with Crippen molar-refractivity contribution < 1.29 is 18.7 Å². The van der Waals surface area contributed by atoms with Crippen molar-refractivity contribution in [2.45, 2.75) is 25.8 Å². The second kappa shape index (κ2) is 10.2. The highest BCUT2D eigenvalue weighted by Gasteiger charge is 2.35. The first-order chi connectivity index (χ1) is 15.5. The lowest BCUT2D eigenvalue weighted by atomic mass is 10.0. The number of amides is 2. The summed E-state index contributed by atoms with van der Waals surface area (Å²) in [4.78, 5) is 29.5. The Bertz CT molecular complexity index is 926. The molecule has 2 saturated heterocycles. The fraction of sp³-hybridized carbons (Fsp3) is 0.440. The summed E-state index contributed by atoms with van der Waals surface area (Å²) in [6.07, 6.45) is 1.15. The average Bonchev–Trinajstić information content (AvgIpc) is 3.22. The molecule has 2 aliphatic rings. The zero-order valence-electron chi connectivity index (χ0n) is 18.4. The second-order valence-electron chi connectivity index (χ2n) is 8.39. The van der Waals surface area contributed by atoms with Crippen LogP contribution in [0.4, 0.5) is 10.1 Å². The third-order valence-electron chi connectivity index (χ3n) is 6.36. The summed E-state index contributed by atoms with van der Waals surface area (Å²) in [5, 5.41) is 3.05. The van der Waals surface area contributed by atoms with Crippen LogP contribution in [0.2, 0.25) is 0 Å². The van der Waals surface area contributed by atoms with E-state index in [1.807, 2.05) is 24.3 Å². The number of carbonyl (C=O) groups is 2. The van der Waals surface area contributed by atoms with Crippen LogP contribution in [0.1, 0.15) is 30.5 Å². The summed E-state index contributed by atoms with van der Waals surface area (Å²) < 4.78 is 18.9. The van der Waals surface area contributed by atoms with Crippen molar-refractivity contribution in [2.24, 2.45) is 5.92 Å². The molecule has 0 saturated carbocycles. The lowest BCUT2D eigenvalue weighted by Gasteiger charge is -2.35. The number of hydrogen-bond acceptors (Lipinski definition) is 4. The predicted octanol–water partition coefficient (Wildman–Crippen LogP) is 2.93. The number of nitrogens with one attached hydrogen (secondary N) is 1. The third-order valence-corrected chi connectivity index (χ3v) is 6.36. The SMILES string of the molecule is CCc1ccc(N2C[C@H](C(=O)NC[C@H](c3ccc(F)cc3)N3CCOCC3)CC2=O)cc1. The molecular formula is C25H30FN3O3. The Morgan fingerprint density at radius 1 is 1.12 bits per heavy atom. The molecule has 7 heteroatoms. The Morgan fingerprint density at radius 3 is 2.47 bits per heavy atom. The van der Waals surface area contributed by atoms with E-state index in [1.165, 1.54) is 17.7 Å². The predicted molar refractivity (Wildman–Crippen MR) is 121 cm³/mol. The van der Waals surface area contributed by atoms with Crippen LogP contribution < -0.4 is 10.2 Å². The summed E-state index contributed by atoms with van der Waals surface area (Å²) in [7, 11) is 0. The lowest BCUT2D eigenvalue weighted by molar-refractivity contribution is -0.126. The van der Waals surface area contributed by atoms with Gasteiger partial charge in [-0.05, 0) is 41.8 Å². The lowest BCUT2D eigenvalue weighted by Crippen LogP contribution is -2.45. The smallest absolute Gasteiger partial charge is 0.227 e. The van der Waals surface area contributed by atoms with Crippen LogP contribution in [0.25, 0.3) is 0 Å². The molecule has 0 aromatic heterocycles. The van der Waals surface area contributed by atoms with Gasteiger partial charge in [-0.15, -0.1) is 0 Å². The van der Waals surface area contributed by atoms with Crippen molar-refractivity contribution in [1.29, 1.82) is 0 Å². The summed E-state index contributed by atoms with van der Waals surface area (Å²) >= 11 is 0. The Morgan fingerprint density at radius 2 is 1.81 bits per heavy atom. The summed E-state index contributed by atoms with van der Waals surface area (Å²) in [6.45, 7) is 5.65. The number of rotatable bonds is 7. The maximum Gasteiger partial charge on any atom is 0.227 e. The number of hydrogen-bond donors (Lipinski definition) is 1. The van der Waals surface area contributed by atoms with Crippen molar-refractivity contribution in [3.63, 3.8) is 0 Å². The molecule has 6 nitrogen and oxygen atoms in total. The summed E-state index contributed by atoms with van der Waals surface area (Å²) in [6, 6.07) is 14.3. The van der Waals surface area contributed by atoms with Crippen LogP contribution in [-0.2, 0) is 20.7 Å². The van der Waals surface area contributed by atoms with E-state index in [4.69, 9.17) is 4.74 Å². The van der Waals surface area contributed by atoms with Gasteiger partial charge in [-0.2, -0.15) is 0 Å². The van der Waals surface area contributed by atoms with E-state index in [2.05, 4.69) is 17.1 Å². The minimum atomic E-state index is -0.382. The van der Waals surface area contributed by atoms with E-state index in [-0.39, 0.29) is 36.0 Å². The maximum absolute atomic E-state index is 13.4. The van der Waals surface area contributed by atoms with Crippen LogP contribution >= 0.6 is 0 Å². The highest BCUT2D eigenvalue weighted by atomic mass is 19.1. The van der Waals surface area contributed by atoms with Gasteiger partial charge in [0.05, 0.1) is 25.2 Å². The van der Waals surface area contributed by atoms with Crippen molar-refractivity contribution in [3.8, 4) is 0 Å². The minimum Gasteiger partial charge on any atom is -0.379 e. The van der Waals surface area contributed by atoms with E-state index in [9.17, 15) is 14.0 Å². The van der Waals surface area contributed by atoms with Crippen LogP contribution in [0.3, 0.4) is 0 Å². The number of morpholine rings is 1. The molecule has 2 heterocycles. The Kier molecular flexibility index (Phi) is 7.17. The number of nitrogens with zero attached hydrogens (tertiary/aromatic N) is 2. The molecule has 2 aliphatic heterocycles. The van der Waals surface area contributed by atoms with Crippen LogP contribution in [0.5, 0.6) is 0 Å². The molecule has 0 unspecified atom stereocenters. The molecule has 32 heavy (non-hydrogen) atoms. The minimum absolute atomic E-state index is 0.0299. The van der Waals surface area contributed by atoms with E-state index in [1.54, 1.807) is 17.0 Å². The van der Waals surface area contributed by atoms with Crippen molar-refractivity contribution >= 4 is 17.5 Å². The first-order valence-electron chi connectivity index (χ1n) is 11.3. The largest absolute Gasteiger partial charge is 0.379 e. The fourth-order valence-corrected chi connectivity index (χ4v) is 4.42. The first kappa shape index (κ1) is 22.4. The van der Waals surface area contributed by atoms with E-state index < -0.39 is 0 Å². The Labute approximate surface area is 188 Å². The van der Waals surface area contributed by atoms with Gasteiger partial charge in [-0.25, -0.2) is 4.39 Å². The summed E-state index contributed by atoms with van der Waals surface area (Å²) in [5.74, 6) is -0.814.